The molecule has 1 aliphatic rings. The minimum Gasteiger partial charge on any atom is -0.396 e. The van der Waals surface area contributed by atoms with Crippen LogP contribution in [-0.2, 0) is 0 Å². The molecule has 1 aliphatic heterocycles. The zero-order chi connectivity index (χ0) is 12.3. The van der Waals surface area contributed by atoms with E-state index in [1.165, 1.54) is 11.1 Å². The van der Waals surface area contributed by atoms with Crippen molar-refractivity contribution in [2.75, 3.05) is 13.2 Å². The topological polar surface area (TPSA) is 32.3 Å². The molecule has 1 saturated heterocycles. The monoisotopic (exact) mass is 233 g/mol. The normalized spacial score (nSPS) is 25.2. The molecule has 0 aromatic heterocycles. The molecule has 0 bridgehead atoms. The molecule has 1 aromatic carbocycles. The van der Waals surface area contributed by atoms with E-state index in [1.807, 2.05) is 0 Å². The third-order valence-corrected chi connectivity index (χ3v) is 3.78. The van der Waals surface area contributed by atoms with E-state index in [1.54, 1.807) is 0 Å². The fraction of sp³-hybridized carbons (Fsp3) is 0.600. The number of rotatable bonds is 3. The fourth-order valence-electron chi connectivity index (χ4n) is 2.47. The molecule has 2 rings (SSSR count). The van der Waals surface area contributed by atoms with Gasteiger partial charge in [0.05, 0.1) is 0 Å². The molecule has 2 unspecified atom stereocenters. The molecule has 1 fully saturated rings. The molecular formula is C15H23NO. The van der Waals surface area contributed by atoms with Crippen molar-refractivity contribution in [1.29, 1.82) is 0 Å². The van der Waals surface area contributed by atoms with E-state index in [4.69, 9.17) is 5.11 Å². The quantitative estimate of drug-likeness (QED) is 0.841. The molecule has 0 radical (unpaired) electrons. The molecule has 0 amide bonds. The Labute approximate surface area is 104 Å². The lowest BCUT2D eigenvalue weighted by Crippen LogP contribution is -2.34. The summed E-state index contributed by atoms with van der Waals surface area (Å²) in [5.41, 5.74) is 2.78. The Hall–Kier alpha value is -0.860. The van der Waals surface area contributed by atoms with Gasteiger partial charge in [0.1, 0.15) is 0 Å². The van der Waals surface area contributed by atoms with Crippen molar-refractivity contribution in [2.45, 2.75) is 38.6 Å². The summed E-state index contributed by atoms with van der Waals surface area (Å²) < 4.78 is 0. The minimum absolute atomic E-state index is 0.312. The molecule has 2 N–H and O–H groups in total. The van der Waals surface area contributed by atoms with Crippen LogP contribution in [0.3, 0.4) is 0 Å². The Kier molecular flexibility index (Phi) is 4.19. The lowest BCUT2D eigenvalue weighted by atomic mass is 9.90. The smallest absolute Gasteiger partial charge is 0.0471 e. The minimum atomic E-state index is 0.312. The van der Waals surface area contributed by atoms with Crippen LogP contribution in [-0.4, -0.2) is 18.3 Å². The summed E-state index contributed by atoms with van der Waals surface area (Å²) in [5.74, 6) is 1.04. The summed E-state index contributed by atoms with van der Waals surface area (Å²) >= 11 is 0. The summed E-state index contributed by atoms with van der Waals surface area (Å²) in [5, 5.41) is 12.6. The van der Waals surface area contributed by atoms with Gasteiger partial charge >= 0.3 is 0 Å². The highest BCUT2D eigenvalue weighted by atomic mass is 16.3. The molecule has 0 aliphatic carbocycles. The van der Waals surface area contributed by atoms with Gasteiger partial charge in [0.25, 0.3) is 0 Å². The predicted octanol–water partition coefficient (Wildman–Crippen LogP) is 2.84. The Morgan fingerprint density at radius 1 is 1.24 bits per heavy atom. The maximum atomic E-state index is 9.11. The van der Waals surface area contributed by atoms with Crippen LogP contribution in [0.1, 0.15) is 49.8 Å². The average Bonchev–Trinajstić information content (AvgIpc) is 2.39. The van der Waals surface area contributed by atoms with Crippen LogP contribution in [0.25, 0.3) is 0 Å². The highest BCUT2D eigenvalue weighted by molar-refractivity contribution is 5.27. The number of piperidine rings is 1. The van der Waals surface area contributed by atoms with Crippen LogP contribution in [0.5, 0.6) is 0 Å². The van der Waals surface area contributed by atoms with Gasteiger partial charge in [0, 0.05) is 19.2 Å². The zero-order valence-corrected chi connectivity index (χ0v) is 10.8. The maximum Gasteiger partial charge on any atom is 0.0471 e. The number of hydrogen-bond acceptors (Lipinski definition) is 2. The Balaban J connectivity index is 1.99. The van der Waals surface area contributed by atoms with E-state index in [2.05, 4.69) is 43.4 Å². The molecule has 1 heterocycles. The molecule has 1 aromatic rings. The molecule has 17 heavy (non-hydrogen) atoms. The highest BCUT2D eigenvalue weighted by Gasteiger charge is 2.20. The Morgan fingerprint density at radius 2 is 1.94 bits per heavy atom. The number of hydrogen-bond donors (Lipinski definition) is 2. The van der Waals surface area contributed by atoms with Gasteiger partial charge in [0.2, 0.25) is 0 Å². The van der Waals surface area contributed by atoms with Crippen molar-refractivity contribution in [3.63, 3.8) is 0 Å². The van der Waals surface area contributed by atoms with Crippen molar-refractivity contribution in [3.05, 3.63) is 35.4 Å². The van der Waals surface area contributed by atoms with E-state index >= 15 is 0 Å². The SMILES string of the molecule is CC(C)c1ccc(C2CCC(CO)CN2)cc1. The van der Waals surface area contributed by atoms with Gasteiger partial charge in [-0.2, -0.15) is 0 Å². The molecule has 0 saturated carbocycles. The first kappa shape index (κ1) is 12.6. The van der Waals surface area contributed by atoms with Crippen LogP contribution in [0.15, 0.2) is 24.3 Å². The van der Waals surface area contributed by atoms with E-state index in [-0.39, 0.29) is 0 Å². The lowest BCUT2D eigenvalue weighted by molar-refractivity contribution is 0.184. The molecule has 94 valence electrons. The van der Waals surface area contributed by atoms with Gasteiger partial charge in [-0.1, -0.05) is 38.1 Å². The summed E-state index contributed by atoms with van der Waals surface area (Å²) in [4.78, 5) is 0. The molecule has 2 atom stereocenters. The molecule has 2 heteroatoms. The first-order valence-electron chi connectivity index (χ1n) is 6.64. The van der Waals surface area contributed by atoms with Crippen molar-refractivity contribution in [3.8, 4) is 0 Å². The molecule has 2 nitrogen and oxygen atoms in total. The largest absolute Gasteiger partial charge is 0.396 e. The van der Waals surface area contributed by atoms with Gasteiger partial charge in [0.15, 0.2) is 0 Å². The second kappa shape index (κ2) is 5.65. The summed E-state index contributed by atoms with van der Waals surface area (Å²) in [6.45, 7) is 5.69. The van der Waals surface area contributed by atoms with Crippen molar-refractivity contribution >= 4 is 0 Å². The molecular weight excluding hydrogens is 210 g/mol. The number of aliphatic hydroxyl groups is 1. The summed E-state index contributed by atoms with van der Waals surface area (Å²) in [6.07, 6.45) is 2.26. The van der Waals surface area contributed by atoms with Crippen molar-refractivity contribution in [1.82, 2.24) is 5.32 Å². The molecule has 0 spiro atoms. The standard InChI is InChI=1S/C15H23NO/c1-11(2)13-4-6-14(7-5-13)15-8-3-12(10-17)9-16-15/h4-7,11-12,15-17H,3,8-10H2,1-2H3. The van der Waals surface area contributed by atoms with Crippen LogP contribution < -0.4 is 5.32 Å². The van der Waals surface area contributed by atoms with E-state index in [9.17, 15) is 0 Å². The Morgan fingerprint density at radius 3 is 2.41 bits per heavy atom. The van der Waals surface area contributed by atoms with E-state index < -0.39 is 0 Å². The van der Waals surface area contributed by atoms with Crippen LogP contribution in [0.4, 0.5) is 0 Å². The summed E-state index contributed by atoms with van der Waals surface area (Å²) in [7, 11) is 0. The van der Waals surface area contributed by atoms with Crippen LogP contribution in [0.2, 0.25) is 0 Å². The first-order chi connectivity index (χ1) is 8.20. The average molecular weight is 233 g/mol. The van der Waals surface area contributed by atoms with Gasteiger partial charge in [-0.15, -0.1) is 0 Å². The van der Waals surface area contributed by atoms with Gasteiger partial charge in [-0.3, -0.25) is 0 Å². The van der Waals surface area contributed by atoms with Gasteiger partial charge in [-0.25, -0.2) is 0 Å². The first-order valence-corrected chi connectivity index (χ1v) is 6.64. The third kappa shape index (κ3) is 3.08. The third-order valence-electron chi connectivity index (χ3n) is 3.78. The van der Waals surface area contributed by atoms with Crippen LogP contribution in [0, 0.1) is 5.92 Å². The highest BCUT2D eigenvalue weighted by Crippen LogP contribution is 2.26. The summed E-state index contributed by atoms with van der Waals surface area (Å²) in [6, 6.07) is 9.43. The number of nitrogens with one attached hydrogen (secondary N) is 1. The maximum absolute atomic E-state index is 9.11. The predicted molar refractivity (Wildman–Crippen MR) is 71.1 cm³/mol. The lowest BCUT2D eigenvalue weighted by Gasteiger charge is -2.29. The van der Waals surface area contributed by atoms with E-state index in [0.717, 1.165) is 19.4 Å². The zero-order valence-electron chi connectivity index (χ0n) is 10.8. The second-order valence-corrected chi connectivity index (χ2v) is 5.41. The van der Waals surface area contributed by atoms with Gasteiger partial charge in [-0.05, 0) is 35.8 Å². The number of aliphatic hydroxyl groups excluding tert-OH is 1. The van der Waals surface area contributed by atoms with E-state index in [0.29, 0.717) is 24.5 Å². The Bertz CT molecular complexity index is 336. The second-order valence-electron chi connectivity index (χ2n) is 5.41. The van der Waals surface area contributed by atoms with Crippen LogP contribution >= 0.6 is 0 Å². The van der Waals surface area contributed by atoms with Gasteiger partial charge < -0.3 is 10.4 Å². The van der Waals surface area contributed by atoms with Crippen molar-refractivity contribution < 1.29 is 5.11 Å². The van der Waals surface area contributed by atoms with Crippen molar-refractivity contribution in [2.24, 2.45) is 5.92 Å². The number of benzene rings is 1. The fourth-order valence-corrected chi connectivity index (χ4v) is 2.47.